The van der Waals surface area contributed by atoms with Crippen molar-refractivity contribution in [3.63, 3.8) is 0 Å². The molecule has 0 aliphatic carbocycles. The third kappa shape index (κ3) is 2.85. The maximum atomic E-state index is 14.6. The molecule has 23 heavy (non-hydrogen) atoms. The molecule has 1 aliphatic heterocycles. The second-order valence-corrected chi connectivity index (χ2v) is 6.87. The average molecular weight is 378 g/mol. The van der Waals surface area contributed by atoms with Crippen LogP contribution in [0.15, 0.2) is 48.5 Å². The number of nitrogens with zero attached hydrogens (tertiary/aromatic N) is 1. The van der Waals surface area contributed by atoms with E-state index in [9.17, 15) is 9.18 Å². The number of amides is 1. The number of hydrogen-bond donors (Lipinski definition) is 0. The molecule has 0 saturated carbocycles. The van der Waals surface area contributed by atoms with E-state index in [4.69, 9.17) is 4.74 Å². The number of ether oxygens (including phenoxy) is 1. The van der Waals surface area contributed by atoms with Crippen molar-refractivity contribution in [1.82, 2.24) is 4.90 Å². The molecule has 0 aromatic heterocycles. The van der Waals surface area contributed by atoms with Gasteiger partial charge in [-0.1, -0.05) is 42.0 Å². The van der Waals surface area contributed by atoms with Gasteiger partial charge in [-0.15, -0.1) is 0 Å². The third-order valence-electron chi connectivity index (χ3n) is 4.11. The topological polar surface area (TPSA) is 29.5 Å². The average Bonchev–Trinajstić information content (AvgIpc) is 2.56. The van der Waals surface area contributed by atoms with Gasteiger partial charge in [0.25, 0.3) is 10.5 Å². The summed E-state index contributed by atoms with van der Waals surface area (Å²) >= 11 is 2.95. The zero-order valence-corrected chi connectivity index (χ0v) is 14.5. The van der Waals surface area contributed by atoms with E-state index in [2.05, 4.69) is 15.9 Å². The van der Waals surface area contributed by atoms with Crippen molar-refractivity contribution in [3.05, 3.63) is 65.2 Å². The molecular formula is C18H17BrFNO2. The van der Waals surface area contributed by atoms with Gasteiger partial charge in [0, 0.05) is 6.54 Å². The van der Waals surface area contributed by atoms with Crippen LogP contribution in [0.25, 0.3) is 0 Å². The molecule has 0 radical (unpaired) electrons. The molecule has 1 fully saturated rings. The maximum absolute atomic E-state index is 14.6. The van der Waals surface area contributed by atoms with Crippen LogP contribution in [0, 0.1) is 6.92 Å². The molecule has 1 saturated heterocycles. The molecule has 3 rings (SSSR count). The maximum Gasteiger partial charge on any atom is 0.274 e. The number of carbonyl (C=O) groups is 1. The van der Waals surface area contributed by atoms with Crippen molar-refractivity contribution in [2.45, 2.75) is 24.1 Å². The van der Waals surface area contributed by atoms with Gasteiger partial charge in [0.2, 0.25) is 0 Å². The van der Waals surface area contributed by atoms with E-state index in [1.165, 1.54) is 0 Å². The molecule has 5 heteroatoms. The minimum atomic E-state index is -2.03. The molecule has 120 valence electrons. The van der Waals surface area contributed by atoms with E-state index in [1.807, 2.05) is 55.5 Å². The normalized spacial score (nSPS) is 23.6. The van der Waals surface area contributed by atoms with Gasteiger partial charge >= 0.3 is 0 Å². The minimum Gasteiger partial charge on any atom is -0.497 e. The van der Waals surface area contributed by atoms with Crippen molar-refractivity contribution in [3.8, 4) is 5.75 Å². The first-order chi connectivity index (χ1) is 10.9. The Morgan fingerprint density at radius 2 is 1.78 bits per heavy atom. The fourth-order valence-electron chi connectivity index (χ4n) is 2.78. The highest BCUT2D eigenvalue weighted by Gasteiger charge is 2.61. The third-order valence-corrected chi connectivity index (χ3v) is 4.88. The van der Waals surface area contributed by atoms with E-state index < -0.39 is 16.5 Å². The van der Waals surface area contributed by atoms with E-state index in [0.29, 0.717) is 6.54 Å². The number of methoxy groups -OCH3 is 1. The fourth-order valence-corrected chi connectivity index (χ4v) is 3.52. The van der Waals surface area contributed by atoms with E-state index >= 15 is 0 Å². The van der Waals surface area contributed by atoms with Crippen LogP contribution in [0.3, 0.4) is 0 Å². The largest absolute Gasteiger partial charge is 0.497 e. The number of β-lactam (4-membered cyclic amide) rings is 1. The van der Waals surface area contributed by atoms with Crippen molar-refractivity contribution >= 4 is 21.8 Å². The molecule has 1 heterocycles. The van der Waals surface area contributed by atoms with Crippen LogP contribution >= 0.6 is 15.9 Å². The number of aryl methyl sites for hydroxylation is 1. The summed E-state index contributed by atoms with van der Waals surface area (Å²) in [5.41, 5.74) is 2.81. The molecular weight excluding hydrogens is 361 g/mol. The van der Waals surface area contributed by atoms with Gasteiger partial charge in [0.05, 0.1) is 7.11 Å². The first-order valence-corrected chi connectivity index (χ1v) is 8.11. The lowest BCUT2D eigenvalue weighted by Gasteiger charge is -2.48. The Hall–Kier alpha value is -1.88. The number of rotatable bonds is 4. The van der Waals surface area contributed by atoms with E-state index in [1.54, 1.807) is 12.0 Å². The lowest BCUT2D eigenvalue weighted by atomic mass is 9.90. The first kappa shape index (κ1) is 16.0. The van der Waals surface area contributed by atoms with Crippen LogP contribution < -0.4 is 4.74 Å². The number of likely N-dealkylation sites (tertiary alicyclic amines) is 1. The summed E-state index contributed by atoms with van der Waals surface area (Å²) in [4.78, 5) is 13.7. The molecule has 2 aromatic carbocycles. The Kier molecular flexibility index (Phi) is 4.15. The van der Waals surface area contributed by atoms with Crippen molar-refractivity contribution in [2.24, 2.45) is 0 Å². The molecule has 0 spiro atoms. The van der Waals surface area contributed by atoms with Gasteiger partial charge in [-0.2, -0.15) is 0 Å². The van der Waals surface area contributed by atoms with Crippen LogP contribution in [-0.2, 0) is 11.3 Å². The van der Waals surface area contributed by atoms with Crippen LogP contribution in [-0.4, -0.2) is 22.5 Å². The first-order valence-electron chi connectivity index (χ1n) is 7.32. The highest BCUT2D eigenvalue weighted by atomic mass is 79.9. The van der Waals surface area contributed by atoms with Gasteiger partial charge in [0.15, 0.2) is 0 Å². The van der Waals surface area contributed by atoms with Gasteiger partial charge < -0.3 is 9.64 Å². The lowest BCUT2D eigenvalue weighted by Crippen LogP contribution is -2.62. The fraction of sp³-hybridized carbons (Fsp3) is 0.278. The Balaban J connectivity index is 1.84. The van der Waals surface area contributed by atoms with Crippen molar-refractivity contribution in [2.75, 3.05) is 7.11 Å². The van der Waals surface area contributed by atoms with Crippen LogP contribution in [0.5, 0.6) is 5.75 Å². The SMILES string of the molecule is COc1ccc(CN2C(=O)[C@](F)(Br)[C@@H]2c2ccc(C)cc2)cc1. The Labute approximate surface area is 143 Å². The monoisotopic (exact) mass is 377 g/mol. The highest BCUT2D eigenvalue weighted by molar-refractivity contribution is 9.10. The molecule has 0 unspecified atom stereocenters. The van der Waals surface area contributed by atoms with Gasteiger partial charge in [0.1, 0.15) is 11.8 Å². The lowest BCUT2D eigenvalue weighted by molar-refractivity contribution is -0.164. The molecule has 0 N–H and O–H groups in total. The predicted octanol–water partition coefficient (Wildman–Crippen LogP) is 4.15. The molecule has 0 bridgehead atoms. The Bertz CT molecular complexity index is 713. The number of halogens is 2. The number of carbonyl (C=O) groups excluding carboxylic acids is 1. The molecule has 3 nitrogen and oxygen atoms in total. The quantitative estimate of drug-likeness (QED) is 0.591. The molecule has 1 aliphatic rings. The Morgan fingerprint density at radius 1 is 1.17 bits per heavy atom. The predicted molar refractivity (Wildman–Crippen MR) is 90.2 cm³/mol. The second-order valence-electron chi connectivity index (χ2n) is 5.72. The van der Waals surface area contributed by atoms with Gasteiger partial charge in [-0.25, -0.2) is 4.39 Å². The number of alkyl halides is 2. The standard InChI is InChI=1S/C18H17BrFNO2/c1-12-3-7-14(8-4-12)16-18(19,20)17(22)21(16)11-13-5-9-15(23-2)10-6-13/h3-10,16H,11H2,1-2H3/t16-,18-/m0/s1. The minimum absolute atomic E-state index is 0.360. The summed E-state index contributed by atoms with van der Waals surface area (Å²) in [6.45, 7) is 2.33. The molecule has 1 amide bonds. The molecule has 2 atom stereocenters. The van der Waals surface area contributed by atoms with E-state index in [-0.39, 0.29) is 0 Å². The number of benzene rings is 2. The summed E-state index contributed by atoms with van der Waals surface area (Å²) in [6, 6.07) is 14.4. The van der Waals surface area contributed by atoms with Crippen molar-refractivity contribution in [1.29, 1.82) is 0 Å². The van der Waals surface area contributed by atoms with Crippen LogP contribution in [0.1, 0.15) is 22.7 Å². The summed E-state index contributed by atoms with van der Waals surface area (Å²) in [7, 11) is 1.60. The summed E-state index contributed by atoms with van der Waals surface area (Å²) in [5.74, 6) is 0.206. The van der Waals surface area contributed by atoms with Gasteiger partial charge in [-0.05, 0) is 46.1 Å². The zero-order chi connectivity index (χ0) is 16.6. The zero-order valence-electron chi connectivity index (χ0n) is 12.9. The van der Waals surface area contributed by atoms with Crippen LogP contribution in [0.4, 0.5) is 4.39 Å². The van der Waals surface area contributed by atoms with Crippen LogP contribution in [0.2, 0.25) is 0 Å². The number of hydrogen-bond acceptors (Lipinski definition) is 2. The smallest absolute Gasteiger partial charge is 0.274 e. The highest BCUT2D eigenvalue weighted by Crippen LogP contribution is 2.51. The second kappa shape index (κ2) is 5.96. The summed E-state index contributed by atoms with van der Waals surface area (Å²) in [6.07, 6.45) is 0. The van der Waals surface area contributed by atoms with Gasteiger partial charge in [-0.3, -0.25) is 4.79 Å². The summed E-state index contributed by atoms with van der Waals surface area (Å²) in [5, 5.41) is 0. The van der Waals surface area contributed by atoms with Crippen molar-refractivity contribution < 1.29 is 13.9 Å². The Morgan fingerprint density at radius 3 is 2.35 bits per heavy atom. The molecule has 2 aromatic rings. The van der Waals surface area contributed by atoms with E-state index in [0.717, 1.165) is 22.4 Å². The summed E-state index contributed by atoms with van der Waals surface area (Å²) < 4.78 is 17.7.